The lowest BCUT2D eigenvalue weighted by atomic mass is 9.59. The smallest absolute Gasteiger partial charge is 0.220 e. The van der Waals surface area contributed by atoms with Crippen molar-refractivity contribution in [1.29, 1.82) is 0 Å². The van der Waals surface area contributed by atoms with Gasteiger partial charge in [0.15, 0.2) is 0 Å². The fraction of sp³-hybridized carbons (Fsp3) is 0.391. The van der Waals surface area contributed by atoms with Crippen LogP contribution < -0.4 is 10.6 Å². The molecular weight excluding hydrogens is 336 g/mol. The van der Waals surface area contributed by atoms with E-state index in [1.807, 2.05) is 0 Å². The first-order valence-corrected chi connectivity index (χ1v) is 9.84. The van der Waals surface area contributed by atoms with Gasteiger partial charge >= 0.3 is 0 Å². The number of fused-ring (bicyclic) bond motifs is 1. The molecule has 0 saturated carbocycles. The second-order valence-corrected chi connectivity index (χ2v) is 7.67. The van der Waals surface area contributed by atoms with Gasteiger partial charge in [-0.2, -0.15) is 0 Å². The van der Waals surface area contributed by atoms with Gasteiger partial charge in [-0.15, -0.1) is 0 Å². The Balaban J connectivity index is 1.44. The monoisotopic (exact) mass is 362 g/mol. The van der Waals surface area contributed by atoms with Crippen LogP contribution in [-0.2, 0) is 9.59 Å². The first-order valence-electron chi connectivity index (χ1n) is 9.84. The lowest BCUT2D eigenvalue weighted by Crippen LogP contribution is -2.39. The summed E-state index contributed by atoms with van der Waals surface area (Å²) in [5.74, 6) is 1.25. The third-order valence-corrected chi connectivity index (χ3v) is 5.94. The Kier molecular flexibility index (Phi) is 4.97. The van der Waals surface area contributed by atoms with Crippen molar-refractivity contribution in [2.45, 2.75) is 38.0 Å². The van der Waals surface area contributed by atoms with Gasteiger partial charge in [0.2, 0.25) is 11.8 Å². The number of hydrogen-bond donors (Lipinski definition) is 2. The zero-order valence-electron chi connectivity index (χ0n) is 15.7. The van der Waals surface area contributed by atoms with E-state index in [1.54, 1.807) is 0 Å². The SMILES string of the molecule is CC(=O)NCCCC(=O)NC[C@@H]1CC2c3ccccc3C1c1ccccc12. The van der Waals surface area contributed by atoms with E-state index in [-0.39, 0.29) is 11.8 Å². The van der Waals surface area contributed by atoms with Crippen LogP contribution in [0.15, 0.2) is 48.5 Å². The molecule has 3 aliphatic carbocycles. The molecule has 2 amide bonds. The van der Waals surface area contributed by atoms with Gasteiger partial charge in [0, 0.05) is 38.3 Å². The Morgan fingerprint density at radius 1 is 0.926 bits per heavy atom. The molecule has 2 aromatic carbocycles. The summed E-state index contributed by atoms with van der Waals surface area (Å²) in [7, 11) is 0. The number of nitrogens with one attached hydrogen (secondary N) is 2. The Labute approximate surface area is 160 Å². The Bertz CT molecular complexity index is 813. The molecule has 0 aliphatic heterocycles. The molecule has 0 spiro atoms. The number of hydrogen-bond acceptors (Lipinski definition) is 2. The third kappa shape index (κ3) is 3.48. The summed E-state index contributed by atoms with van der Waals surface area (Å²) in [5, 5.41) is 5.87. The second-order valence-electron chi connectivity index (χ2n) is 7.67. The number of benzene rings is 2. The van der Waals surface area contributed by atoms with Crippen molar-refractivity contribution >= 4 is 11.8 Å². The summed E-state index contributed by atoms with van der Waals surface area (Å²) in [6.07, 6.45) is 2.22. The van der Waals surface area contributed by atoms with Gasteiger partial charge in [-0.25, -0.2) is 0 Å². The molecule has 0 fully saturated rings. The second kappa shape index (κ2) is 7.55. The number of amides is 2. The van der Waals surface area contributed by atoms with Gasteiger partial charge in [0.25, 0.3) is 0 Å². The van der Waals surface area contributed by atoms with E-state index in [2.05, 4.69) is 59.2 Å². The van der Waals surface area contributed by atoms with Crippen molar-refractivity contribution < 1.29 is 9.59 Å². The molecule has 4 nitrogen and oxygen atoms in total. The van der Waals surface area contributed by atoms with Crippen LogP contribution in [0.5, 0.6) is 0 Å². The maximum Gasteiger partial charge on any atom is 0.220 e. The quantitative estimate of drug-likeness (QED) is 0.775. The highest BCUT2D eigenvalue weighted by Crippen LogP contribution is 2.55. The van der Waals surface area contributed by atoms with Gasteiger partial charge in [-0.3, -0.25) is 9.59 Å². The minimum atomic E-state index is -0.0500. The minimum absolute atomic E-state index is 0.0500. The molecule has 27 heavy (non-hydrogen) atoms. The highest BCUT2D eigenvalue weighted by Gasteiger charge is 2.42. The lowest BCUT2D eigenvalue weighted by molar-refractivity contribution is -0.122. The molecular formula is C23H26N2O2. The highest BCUT2D eigenvalue weighted by molar-refractivity contribution is 5.76. The lowest BCUT2D eigenvalue weighted by Gasteiger charge is -2.45. The first kappa shape index (κ1) is 17.8. The van der Waals surface area contributed by atoms with Gasteiger partial charge in [0.05, 0.1) is 0 Å². The van der Waals surface area contributed by atoms with E-state index in [1.165, 1.54) is 29.2 Å². The summed E-state index contributed by atoms with van der Waals surface area (Å²) in [6.45, 7) is 2.76. The van der Waals surface area contributed by atoms with E-state index >= 15 is 0 Å². The van der Waals surface area contributed by atoms with Crippen LogP contribution in [0.2, 0.25) is 0 Å². The molecule has 5 rings (SSSR count). The molecule has 0 radical (unpaired) electrons. The third-order valence-electron chi connectivity index (χ3n) is 5.94. The van der Waals surface area contributed by atoms with Crippen LogP contribution in [0.25, 0.3) is 0 Å². The summed E-state index contributed by atoms with van der Waals surface area (Å²) in [5.41, 5.74) is 5.77. The average Bonchev–Trinajstić information content (AvgIpc) is 2.69. The van der Waals surface area contributed by atoms with Crippen LogP contribution in [0.3, 0.4) is 0 Å². The maximum absolute atomic E-state index is 12.2. The summed E-state index contributed by atoms with van der Waals surface area (Å²) in [6, 6.07) is 17.6. The van der Waals surface area contributed by atoms with Gasteiger partial charge < -0.3 is 10.6 Å². The van der Waals surface area contributed by atoms with Crippen molar-refractivity contribution in [3.63, 3.8) is 0 Å². The molecule has 0 unspecified atom stereocenters. The summed E-state index contributed by atoms with van der Waals surface area (Å²) < 4.78 is 0. The molecule has 0 aromatic heterocycles. The number of carbonyl (C=O) groups excluding carboxylic acids is 2. The van der Waals surface area contributed by atoms with E-state index < -0.39 is 0 Å². The van der Waals surface area contributed by atoms with Crippen LogP contribution in [0.1, 0.15) is 60.3 Å². The molecule has 4 heteroatoms. The summed E-state index contributed by atoms with van der Waals surface area (Å²) >= 11 is 0. The van der Waals surface area contributed by atoms with Crippen molar-refractivity contribution in [2.24, 2.45) is 5.92 Å². The van der Waals surface area contributed by atoms with Crippen molar-refractivity contribution in [3.05, 3.63) is 70.8 Å². The number of carbonyl (C=O) groups is 2. The Morgan fingerprint density at radius 2 is 1.52 bits per heavy atom. The van der Waals surface area contributed by atoms with Gasteiger partial charge in [-0.05, 0) is 41.0 Å². The molecule has 0 heterocycles. The van der Waals surface area contributed by atoms with Crippen LogP contribution >= 0.6 is 0 Å². The van der Waals surface area contributed by atoms with E-state index in [0.29, 0.717) is 43.7 Å². The van der Waals surface area contributed by atoms with E-state index in [4.69, 9.17) is 0 Å². The highest BCUT2D eigenvalue weighted by atomic mass is 16.2. The molecule has 0 saturated heterocycles. The van der Waals surface area contributed by atoms with Gasteiger partial charge in [0.1, 0.15) is 0 Å². The molecule has 2 bridgehead atoms. The first-order chi connectivity index (χ1) is 13.1. The fourth-order valence-corrected chi connectivity index (χ4v) is 4.81. The zero-order valence-corrected chi connectivity index (χ0v) is 15.7. The van der Waals surface area contributed by atoms with Crippen molar-refractivity contribution in [2.75, 3.05) is 13.1 Å². The standard InChI is InChI=1S/C23H26N2O2/c1-15(26)24-12-6-11-22(27)25-14-16-13-21-17-7-2-4-9-19(17)23(16)20-10-5-3-8-18(20)21/h2-5,7-10,16,21,23H,6,11-14H2,1H3,(H,24,26)(H,25,27)/t16-,21?,23?/m0/s1. The summed E-state index contributed by atoms with van der Waals surface area (Å²) in [4.78, 5) is 23.1. The predicted molar refractivity (Wildman–Crippen MR) is 106 cm³/mol. The van der Waals surface area contributed by atoms with Crippen LogP contribution in [0, 0.1) is 5.92 Å². The van der Waals surface area contributed by atoms with E-state index in [9.17, 15) is 9.59 Å². The normalized spacial score (nSPS) is 21.9. The maximum atomic E-state index is 12.2. The van der Waals surface area contributed by atoms with Crippen molar-refractivity contribution in [1.82, 2.24) is 10.6 Å². The number of rotatable bonds is 6. The topological polar surface area (TPSA) is 58.2 Å². The average molecular weight is 362 g/mol. The molecule has 3 aliphatic rings. The molecule has 1 atom stereocenters. The van der Waals surface area contributed by atoms with Crippen LogP contribution in [-0.4, -0.2) is 24.9 Å². The fourth-order valence-electron chi connectivity index (χ4n) is 4.81. The Morgan fingerprint density at radius 3 is 2.11 bits per heavy atom. The van der Waals surface area contributed by atoms with Gasteiger partial charge in [-0.1, -0.05) is 48.5 Å². The predicted octanol–water partition coefficient (Wildman–Crippen LogP) is 3.32. The van der Waals surface area contributed by atoms with E-state index in [0.717, 1.165) is 6.42 Å². The zero-order chi connectivity index (χ0) is 18.8. The van der Waals surface area contributed by atoms with Crippen LogP contribution in [0.4, 0.5) is 0 Å². The Hall–Kier alpha value is -2.62. The molecule has 2 N–H and O–H groups in total. The van der Waals surface area contributed by atoms with Crippen molar-refractivity contribution in [3.8, 4) is 0 Å². The molecule has 2 aromatic rings. The largest absolute Gasteiger partial charge is 0.356 e. The molecule has 140 valence electrons. The minimum Gasteiger partial charge on any atom is -0.356 e.